The Morgan fingerprint density at radius 3 is 2.25 bits per heavy atom. The summed E-state index contributed by atoms with van der Waals surface area (Å²) in [6.07, 6.45) is 1.02. The van der Waals surface area contributed by atoms with E-state index in [1.807, 2.05) is 13.0 Å². The Balaban J connectivity index is 1.33. The van der Waals surface area contributed by atoms with Crippen LogP contribution in [0.3, 0.4) is 0 Å². The first kappa shape index (κ1) is 29.7. The number of hydrogen-bond acceptors (Lipinski definition) is 7. The molecular formula is C31H31F4N5O4. The van der Waals surface area contributed by atoms with Gasteiger partial charge in [0.25, 0.3) is 11.8 Å². The monoisotopic (exact) mass is 613 g/mol. The SMILES string of the molecule is COc1cc(F)c([C@@H]2CN(c3cc(C)cc(N4C[C@@H]5C[C@H]4CN5C)n3)C(=O)[C@H]2NC(=O)c2ccc(OC(F)F)cc2)c(F)c1. The predicted octanol–water partition coefficient (Wildman–Crippen LogP) is 4.10. The minimum atomic E-state index is -3.04. The number of aromatic nitrogens is 1. The summed E-state index contributed by atoms with van der Waals surface area (Å²) in [7, 11) is 3.37. The molecule has 0 saturated carbocycles. The first-order valence-corrected chi connectivity index (χ1v) is 14.2. The van der Waals surface area contributed by atoms with Gasteiger partial charge in [0.15, 0.2) is 0 Å². The van der Waals surface area contributed by atoms with Gasteiger partial charge in [0.2, 0.25) is 0 Å². The van der Waals surface area contributed by atoms with Crippen LogP contribution in [0, 0.1) is 18.6 Å². The molecule has 4 atom stereocenters. The third-order valence-corrected chi connectivity index (χ3v) is 8.63. The Bertz CT molecular complexity index is 1560. The van der Waals surface area contributed by atoms with Crippen LogP contribution in [0.5, 0.6) is 11.5 Å². The van der Waals surface area contributed by atoms with Crippen LogP contribution in [-0.2, 0) is 4.79 Å². The molecular weight excluding hydrogens is 582 g/mol. The number of amides is 2. The summed E-state index contributed by atoms with van der Waals surface area (Å²) in [6.45, 7) is 0.395. The zero-order valence-electron chi connectivity index (χ0n) is 24.3. The number of ether oxygens (including phenoxy) is 2. The second-order valence-electron chi connectivity index (χ2n) is 11.4. The lowest BCUT2D eigenvalue weighted by Crippen LogP contribution is -2.45. The van der Waals surface area contributed by atoms with E-state index in [4.69, 9.17) is 9.72 Å². The average Bonchev–Trinajstić information content (AvgIpc) is 3.65. The lowest BCUT2D eigenvalue weighted by Gasteiger charge is -2.33. The third kappa shape index (κ3) is 5.51. The molecule has 44 heavy (non-hydrogen) atoms. The van der Waals surface area contributed by atoms with E-state index in [1.165, 1.54) is 36.3 Å². The summed E-state index contributed by atoms with van der Waals surface area (Å²) in [5, 5.41) is 2.62. The van der Waals surface area contributed by atoms with E-state index in [9.17, 15) is 18.4 Å². The molecule has 0 aliphatic carbocycles. The van der Waals surface area contributed by atoms with Crippen molar-refractivity contribution in [2.45, 2.75) is 44.0 Å². The van der Waals surface area contributed by atoms with Crippen LogP contribution < -0.4 is 24.6 Å². The van der Waals surface area contributed by atoms with Gasteiger partial charge in [-0.15, -0.1) is 0 Å². The topological polar surface area (TPSA) is 87.2 Å². The molecule has 9 nitrogen and oxygen atoms in total. The van der Waals surface area contributed by atoms with E-state index in [0.29, 0.717) is 23.7 Å². The van der Waals surface area contributed by atoms with E-state index in [1.54, 1.807) is 6.07 Å². The summed E-state index contributed by atoms with van der Waals surface area (Å²) in [4.78, 5) is 37.9. The average molecular weight is 614 g/mol. The van der Waals surface area contributed by atoms with Crippen molar-refractivity contribution >= 4 is 23.5 Å². The normalized spacial score (nSPS) is 23.1. The number of methoxy groups -OCH3 is 1. The summed E-state index contributed by atoms with van der Waals surface area (Å²) in [5.74, 6) is -3.47. The van der Waals surface area contributed by atoms with Gasteiger partial charge < -0.3 is 19.7 Å². The molecule has 4 heterocycles. The fraction of sp³-hybridized carbons (Fsp3) is 0.387. The molecule has 6 rings (SSSR count). The number of halogens is 4. The van der Waals surface area contributed by atoms with E-state index in [-0.39, 0.29) is 29.2 Å². The molecule has 0 unspecified atom stereocenters. The van der Waals surface area contributed by atoms with Gasteiger partial charge in [0.1, 0.15) is 40.8 Å². The summed E-state index contributed by atoms with van der Waals surface area (Å²) < 4.78 is 65.2. The van der Waals surface area contributed by atoms with Crippen molar-refractivity contribution in [1.82, 2.24) is 15.2 Å². The van der Waals surface area contributed by atoms with Gasteiger partial charge in [0.05, 0.1) is 7.11 Å². The molecule has 1 N–H and O–H groups in total. The van der Waals surface area contributed by atoms with Gasteiger partial charge >= 0.3 is 6.61 Å². The molecule has 3 aliphatic heterocycles. The minimum absolute atomic E-state index is 0.0350. The van der Waals surface area contributed by atoms with E-state index in [0.717, 1.165) is 37.2 Å². The fourth-order valence-electron chi connectivity index (χ4n) is 6.47. The van der Waals surface area contributed by atoms with Crippen molar-refractivity contribution in [3.63, 3.8) is 0 Å². The Morgan fingerprint density at radius 1 is 0.977 bits per heavy atom. The van der Waals surface area contributed by atoms with Crippen molar-refractivity contribution < 1.29 is 36.6 Å². The molecule has 3 aromatic rings. The number of likely N-dealkylation sites (N-methyl/N-ethyl adjacent to an activating group) is 1. The summed E-state index contributed by atoms with van der Waals surface area (Å²) in [6, 6.07) is 9.95. The maximum absolute atomic E-state index is 15.4. The first-order chi connectivity index (χ1) is 21.0. The number of hydrogen-bond donors (Lipinski definition) is 1. The Morgan fingerprint density at radius 2 is 1.66 bits per heavy atom. The van der Waals surface area contributed by atoms with Crippen LogP contribution in [0.15, 0.2) is 48.5 Å². The van der Waals surface area contributed by atoms with Crippen LogP contribution in [-0.4, -0.2) is 80.2 Å². The van der Waals surface area contributed by atoms with Crippen LogP contribution in [0.2, 0.25) is 0 Å². The molecule has 1 aromatic heterocycles. The van der Waals surface area contributed by atoms with Crippen molar-refractivity contribution in [3.05, 3.63) is 76.9 Å². The number of carbonyl (C=O) groups is 2. The van der Waals surface area contributed by atoms with Gasteiger partial charge in [-0.25, -0.2) is 13.8 Å². The van der Waals surface area contributed by atoms with E-state index < -0.39 is 42.0 Å². The highest BCUT2D eigenvalue weighted by atomic mass is 19.3. The molecule has 3 saturated heterocycles. The van der Waals surface area contributed by atoms with E-state index >= 15 is 8.78 Å². The molecule has 2 aromatic carbocycles. The largest absolute Gasteiger partial charge is 0.497 e. The number of alkyl halides is 2. The number of carbonyl (C=O) groups excluding carboxylic acids is 2. The summed E-state index contributed by atoms with van der Waals surface area (Å²) >= 11 is 0. The van der Waals surface area contributed by atoms with Crippen LogP contribution in [0.25, 0.3) is 0 Å². The van der Waals surface area contributed by atoms with Crippen molar-refractivity contribution in [2.75, 3.05) is 43.6 Å². The second kappa shape index (κ2) is 11.6. The van der Waals surface area contributed by atoms with Gasteiger partial charge in [-0.1, -0.05) is 0 Å². The zero-order chi connectivity index (χ0) is 31.3. The standard InChI is InChI=1S/C31H31F4N5O4/c1-16-8-25(39-14-18-10-19(39)13-38(18)2)36-26(9-16)40-15-22(27-23(32)11-21(43-3)12-24(27)33)28(30(40)42)37-29(41)17-4-6-20(7-5-17)44-31(34)35/h4-9,11-12,18-19,22,28,31H,10,13-15H2,1-3H3,(H,37,41)/t18-,19-,22-,28-/m0/s1. The number of piperazine rings is 1. The van der Waals surface area contributed by atoms with Crippen LogP contribution >= 0.6 is 0 Å². The molecule has 0 spiro atoms. The quantitative estimate of drug-likeness (QED) is 0.383. The highest BCUT2D eigenvalue weighted by Crippen LogP contribution is 2.38. The minimum Gasteiger partial charge on any atom is -0.497 e. The Kier molecular flexibility index (Phi) is 7.82. The van der Waals surface area contributed by atoms with Gasteiger partial charge in [-0.05, 0) is 62.4 Å². The van der Waals surface area contributed by atoms with Crippen molar-refractivity contribution in [1.29, 1.82) is 0 Å². The highest BCUT2D eigenvalue weighted by molar-refractivity contribution is 6.04. The third-order valence-electron chi connectivity index (χ3n) is 8.63. The molecule has 3 aliphatic rings. The summed E-state index contributed by atoms with van der Waals surface area (Å²) in [5.41, 5.74) is 0.517. The first-order valence-electron chi connectivity index (χ1n) is 14.2. The Labute approximate surface area is 251 Å². The van der Waals surface area contributed by atoms with Gasteiger partial charge in [0, 0.05) is 60.9 Å². The molecule has 13 heteroatoms. The van der Waals surface area contributed by atoms with Crippen molar-refractivity contribution in [2.24, 2.45) is 0 Å². The van der Waals surface area contributed by atoms with Crippen LogP contribution in [0.1, 0.15) is 33.8 Å². The molecule has 232 valence electrons. The second-order valence-corrected chi connectivity index (χ2v) is 11.4. The number of benzene rings is 2. The van der Waals surface area contributed by atoms with Gasteiger partial charge in [-0.3, -0.25) is 19.4 Å². The molecule has 2 bridgehead atoms. The van der Waals surface area contributed by atoms with E-state index in [2.05, 4.69) is 26.9 Å². The smallest absolute Gasteiger partial charge is 0.387 e. The molecule has 2 amide bonds. The number of anilines is 2. The maximum atomic E-state index is 15.4. The fourth-order valence-corrected chi connectivity index (χ4v) is 6.47. The number of rotatable bonds is 8. The Hall–Kier alpha value is -4.39. The predicted molar refractivity (Wildman–Crippen MR) is 153 cm³/mol. The zero-order valence-corrected chi connectivity index (χ0v) is 24.3. The number of nitrogens with one attached hydrogen (secondary N) is 1. The van der Waals surface area contributed by atoms with Crippen LogP contribution in [0.4, 0.5) is 29.2 Å². The number of likely N-dealkylation sites (tertiary alicyclic amines) is 1. The highest BCUT2D eigenvalue weighted by Gasteiger charge is 2.46. The lowest BCUT2D eigenvalue weighted by atomic mass is 9.92. The number of pyridine rings is 1. The lowest BCUT2D eigenvalue weighted by molar-refractivity contribution is -0.118. The number of aryl methyl sites for hydroxylation is 1. The maximum Gasteiger partial charge on any atom is 0.387 e. The molecule has 0 radical (unpaired) electrons. The number of fused-ring (bicyclic) bond motifs is 2. The number of nitrogens with zero attached hydrogens (tertiary/aromatic N) is 4. The van der Waals surface area contributed by atoms with Gasteiger partial charge in [-0.2, -0.15) is 8.78 Å². The molecule has 3 fully saturated rings. The van der Waals surface area contributed by atoms with Crippen molar-refractivity contribution in [3.8, 4) is 11.5 Å².